The van der Waals surface area contributed by atoms with Crippen molar-refractivity contribution in [3.05, 3.63) is 54.1 Å². The molecule has 4 heteroatoms. The van der Waals surface area contributed by atoms with Crippen molar-refractivity contribution in [1.29, 1.82) is 0 Å². The average Bonchev–Trinajstić information content (AvgIpc) is 2.68. The predicted octanol–water partition coefficient (Wildman–Crippen LogP) is 3.45. The lowest BCUT2D eigenvalue weighted by Gasteiger charge is -2.44. The molecule has 4 nitrogen and oxygen atoms in total. The van der Waals surface area contributed by atoms with Crippen LogP contribution in [0.15, 0.2) is 48.6 Å². The summed E-state index contributed by atoms with van der Waals surface area (Å²) < 4.78 is 5.32. The van der Waals surface area contributed by atoms with E-state index in [1.54, 1.807) is 13.2 Å². The van der Waals surface area contributed by atoms with E-state index in [2.05, 4.69) is 29.6 Å². The summed E-state index contributed by atoms with van der Waals surface area (Å²) in [6.45, 7) is 0.680. The summed E-state index contributed by atoms with van der Waals surface area (Å²) in [5.74, 6) is 1.00. The Morgan fingerprint density at radius 1 is 1.28 bits per heavy atom. The standard InChI is InChI=1S/C21H28N2O2/c1-25-19-10-6-5-9-18(19)20(24)23-15-21(13-11-17(22)12-14-21)16-7-3-2-4-8-16/h2-7,9-10,16-17H,8,11-15,22H2,1H3,(H,23,24). The Bertz CT molecular complexity index is 658. The molecule has 3 rings (SSSR count). The summed E-state index contributed by atoms with van der Waals surface area (Å²) in [4.78, 5) is 12.7. The van der Waals surface area contributed by atoms with E-state index in [9.17, 15) is 4.79 Å². The van der Waals surface area contributed by atoms with Gasteiger partial charge >= 0.3 is 0 Å². The van der Waals surface area contributed by atoms with Crippen LogP contribution in [0.5, 0.6) is 5.75 Å². The number of carbonyl (C=O) groups is 1. The first-order valence-corrected chi connectivity index (χ1v) is 9.15. The number of carbonyl (C=O) groups excluding carboxylic acids is 1. The number of hydrogen-bond donors (Lipinski definition) is 2. The first-order chi connectivity index (χ1) is 12.1. The zero-order chi connectivity index (χ0) is 17.7. The van der Waals surface area contributed by atoms with Gasteiger partial charge in [0.15, 0.2) is 0 Å². The molecule has 1 aromatic rings. The maximum absolute atomic E-state index is 12.7. The summed E-state index contributed by atoms with van der Waals surface area (Å²) >= 11 is 0. The number of hydrogen-bond acceptors (Lipinski definition) is 3. The van der Waals surface area contributed by atoms with Crippen LogP contribution in [0, 0.1) is 11.3 Å². The lowest BCUT2D eigenvalue weighted by atomic mass is 9.63. The normalized spacial score (nSPS) is 28.6. The van der Waals surface area contributed by atoms with Crippen molar-refractivity contribution in [2.24, 2.45) is 17.1 Å². The fourth-order valence-corrected chi connectivity index (χ4v) is 4.11. The quantitative estimate of drug-likeness (QED) is 0.863. The van der Waals surface area contributed by atoms with Gasteiger partial charge in [0.2, 0.25) is 0 Å². The lowest BCUT2D eigenvalue weighted by Crippen LogP contribution is -2.46. The zero-order valence-electron chi connectivity index (χ0n) is 14.9. The van der Waals surface area contributed by atoms with E-state index >= 15 is 0 Å². The molecule has 1 saturated carbocycles. The smallest absolute Gasteiger partial charge is 0.255 e. The van der Waals surface area contributed by atoms with Gasteiger partial charge in [0, 0.05) is 12.6 Å². The van der Waals surface area contributed by atoms with Gasteiger partial charge in [-0.25, -0.2) is 0 Å². The molecular formula is C21H28N2O2. The number of benzene rings is 1. The van der Waals surface area contributed by atoms with Crippen LogP contribution in [0.1, 0.15) is 42.5 Å². The van der Waals surface area contributed by atoms with E-state index in [0.717, 1.165) is 32.1 Å². The third-order valence-electron chi connectivity index (χ3n) is 5.75. The fraction of sp³-hybridized carbons (Fsp3) is 0.476. The molecule has 0 radical (unpaired) electrons. The van der Waals surface area contributed by atoms with Crippen molar-refractivity contribution < 1.29 is 9.53 Å². The van der Waals surface area contributed by atoms with E-state index in [-0.39, 0.29) is 11.3 Å². The lowest BCUT2D eigenvalue weighted by molar-refractivity contribution is 0.0830. The van der Waals surface area contributed by atoms with Crippen molar-refractivity contribution in [2.45, 2.75) is 38.1 Å². The van der Waals surface area contributed by atoms with Crippen LogP contribution < -0.4 is 15.8 Å². The van der Waals surface area contributed by atoms with Crippen molar-refractivity contribution in [3.63, 3.8) is 0 Å². The Kier molecular flexibility index (Phi) is 5.59. The zero-order valence-corrected chi connectivity index (χ0v) is 14.9. The van der Waals surface area contributed by atoms with Gasteiger partial charge in [0.05, 0.1) is 12.7 Å². The fourth-order valence-electron chi connectivity index (χ4n) is 4.11. The van der Waals surface area contributed by atoms with E-state index in [0.29, 0.717) is 29.8 Å². The molecule has 134 valence electrons. The van der Waals surface area contributed by atoms with Crippen LogP contribution in [0.2, 0.25) is 0 Å². The second-order valence-electron chi connectivity index (χ2n) is 7.24. The molecule has 0 heterocycles. The van der Waals surface area contributed by atoms with E-state index in [1.165, 1.54) is 0 Å². The second-order valence-corrected chi connectivity index (χ2v) is 7.24. The first-order valence-electron chi connectivity index (χ1n) is 9.15. The highest BCUT2D eigenvalue weighted by Gasteiger charge is 2.40. The van der Waals surface area contributed by atoms with Gasteiger partial charge in [-0.1, -0.05) is 36.4 Å². The molecule has 1 fully saturated rings. The number of ether oxygens (including phenoxy) is 1. The molecule has 1 aromatic carbocycles. The molecule has 0 saturated heterocycles. The monoisotopic (exact) mass is 340 g/mol. The van der Waals surface area contributed by atoms with Gasteiger partial charge in [-0.2, -0.15) is 0 Å². The van der Waals surface area contributed by atoms with Crippen molar-refractivity contribution >= 4 is 5.91 Å². The van der Waals surface area contributed by atoms with Crippen LogP contribution in [-0.2, 0) is 0 Å². The maximum atomic E-state index is 12.7. The summed E-state index contributed by atoms with van der Waals surface area (Å²) in [6, 6.07) is 7.65. The minimum atomic E-state index is -0.0676. The first kappa shape index (κ1) is 17.7. The van der Waals surface area contributed by atoms with Gasteiger partial charge < -0.3 is 15.8 Å². The van der Waals surface area contributed by atoms with Gasteiger partial charge in [0.25, 0.3) is 5.91 Å². The van der Waals surface area contributed by atoms with Crippen LogP contribution in [0.4, 0.5) is 0 Å². The van der Waals surface area contributed by atoms with E-state index in [1.807, 2.05) is 18.2 Å². The maximum Gasteiger partial charge on any atom is 0.255 e. The summed E-state index contributed by atoms with van der Waals surface area (Å²) in [5, 5.41) is 3.18. The molecule has 0 aliphatic heterocycles. The molecule has 3 N–H and O–H groups in total. The van der Waals surface area contributed by atoms with Crippen molar-refractivity contribution in [1.82, 2.24) is 5.32 Å². The van der Waals surface area contributed by atoms with Crippen molar-refractivity contribution in [3.8, 4) is 5.75 Å². The number of nitrogens with two attached hydrogens (primary N) is 1. The Hall–Kier alpha value is -2.07. The van der Waals surface area contributed by atoms with Crippen LogP contribution in [0.25, 0.3) is 0 Å². The molecule has 0 spiro atoms. The third kappa shape index (κ3) is 3.96. The van der Waals surface area contributed by atoms with Crippen molar-refractivity contribution in [2.75, 3.05) is 13.7 Å². The molecule has 0 aromatic heterocycles. The van der Waals surface area contributed by atoms with Crippen LogP contribution >= 0.6 is 0 Å². The predicted molar refractivity (Wildman–Crippen MR) is 101 cm³/mol. The summed E-state index contributed by atoms with van der Waals surface area (Å²) in [7, 11) is 1.59. The van der Waals surface area contributed by atoms with Gasteiger partial charge in [-0.3, -0.25) is 4.79 Å². The molecule has 1 unspecified atom stereocenters. The number of para-hydroxylation sites is 1. The molecular weight excluding hydrogens is 312 g/mol. The summed E-state index contributed by atoms with van der Waals surface area (Å²) in [6.07, 6.45) is 14.0. The molecule has 0 bridgehead atoms. The molecule has 25 heavy (non-hydrogen) atoms. The minimum Gasteiger partial charge on any atom is -0.496 e. The van der Waals surface area contributed by atoms with Crippen LogP contribution in [0.3, 0.4) is 0 Å². The largest absolute Gasteiger partial charge is 0.496 e. The Labute approximate surface area is 150 Å². The molecule has 1 atom stereocenters. The average molecular weight is 340 g/mol. The van der Waals surface area contributed by atoms with Crippen LogP contribution in [-0.4, -0.2) is 25.6 Å². The van der Waals surface area contributed by atoms with Gasteiger partial charge in [0.1, 0.15) is 5.75 Å². The second kappa shape index (κ2) is 7.87. The topological polar surface area (TPSA) is 64.3 Å². The number of amides is 1. The van der Waals surface area contributed by atoms with E-state index in [4.69, 9.17) is 10.5 Å². The molecule has 2 aliphatic rings. The summed E-state index contributed by atoms with van der Waals surface area (Å²) in [5.41, 5.74) is 6.82. The minimum absolute atomic E-state index is 0.0676. The highest BCUT2D eigenvalue weighted by molar-refractivity contribution is 5.96. The van der Waals surface area contributed by atoms with Gasteiger partial charge in [-0.15, -0.1) is 0 Å². The Morgan fingerprint density at radius 3 is 2.72 bits per heavy atom. The Morgan fingerprint density at radius 2 is 2.04 bits per heavy atom. The third-order valence-corrected chi connectivity index (χ3v) is 5.75. The molecule has 1 amide bonds. The number of allylic oxidation sites excluding steroid dienone is 4. The van der Waals surface area contributed by atoms with Gasteiger partial charge in [-0.05, 0) is 55.6 Å². The highest BCUT2D eigenvalue weighted by Crippen LogP contribution is 2.45. The number of rotatable bonds is 5. The van der Waals surface area contributed by atoms with E-state index < -0.39 is 0 Å². The number of methoxy groups -OCH3 is 1. The highest BCUT2D eigenvalue weighted by atomic mass is 16.5. The number of nitrogens with one attached hydrogen (secondary N) is 1. The SMILES string of the molecule is COc1ccccc1C(=O)NCC1(C2C=CC=CC2)CCC(N)CC1. The Balaban J connectivity index is 1.73. The molecule has 2 aliphatic carbocycles.